The first-order valence-electron chi connectivity index (χ1n) is 8.74. The fraction of sp³-hybridized carbons (Fsp3) is 0.350. The van der Waals surface area contributed by atoms with Crippen LogP contribution in [0.5, 0.6) is 5.75 Å². The van der Waals surface area contributed by atoms with E-state index in [1.807, 2.05) is 12.1 Å². The van der Waals surface area contributed by atoms with Crippen molar-refractivity contribution in [3.05, 3.63) is 35.4 Å². The Morgan fingerprint density at radius 2 is 1.89 bits per heavy atom. The first kappa shape index (κ1) is 20.0. The van der Waals surface area contributed by atoms with E-state index in [-0.39, 0.29) is 11.4 Å². The molecule has 0 saturated carbocycles. The van der Waals surface area contributed by atoms with Gasteiger partial charge in [-0.3, -0.25) is 0 Å². The van der Waals surface area contributed by atoms with Crippen molar-refractivity contribution in [1.82, 2.24) is 4.98 Å². The summed E-state index contributed by atoms with van der Waals surface area (Å²) < 4.78 is 15.7. The molecule has 0 bridgehead atoms. The van der Waals surface area contributed by atoms with Gasteiger partial charge in [0.25, 0.3) is 0 Å². The Morgan fingerprint density at radius 3 is 2.46 bits per heavy atom. The highest BCUT2D eigenvalue weighted by Crippen LogP contribution is 2.37. The number of anilines is 1. The van der Waals surface area contributed by atoms with Crippen molar-refractivity contribution in [1.29, 1.82) is 10.5 Å². The molecule has 2 heterocycles. The summed E-state index contributed by atoms with van der Waals surface area (Å²) in [5.74, 6) is 2.05. The molecule has 8 heteroatoms. The highest BCUT2D eigenvalue weighted by molar-refractivity contribution is 7.99. The number of pyridine rings is 1. The fourth-order valence-corrected chi connectivity index (χ4v) is 3.77. The molecule has 2 aromatic rings. The molecule has 1 aliphatic rings. The molecule has 0 atom stereocenters. The summed E-state index contributed by atoms with van der Waals surface area (Å²) in [5.41, 5.74) is 7.84. The maximum atomic E-state index is 9.79. The van der Waals surface area contributed by atoms with Crippen LogP contribution in [0.25, 0.3) is 11.1 Å². The van der Waals surface area contributed by atoms with E-state index < -0.39 is 0 Å². The van der Waals surface area contributed by atoms with Crippen molar-refractivity contribution < 1.29 is 14.2 Å². The van der Waals surface area contributed by atoms with Gasteiger partial charge in [-0.2, -0.15) is 10.5 Å². The standard InChI is InChI=1S/C20H20N4O3S/c1-25-6-7-27-15-4-2-14(3-5-15)18-16(8-21)19(23)24-20(17(18)9-22)28-12-13-10-26-11-13/h2-5,13H,6-7,10-12H2,1H3,(H2,23,24). The minimum absolute atomic E-state index is 0.129. The molecule has 0 spiro atoms. The number of nitrogen functional groups attached to an aromatic ring is 1. The van der Waals surface area contributed by atoms with Crippen molar-refractivity contribution in [3.63, 3.8) is 0 Å². The molecule has 1 saturated heterocycles. The molecule has 3 rings (SSSR count). The second-order valence-corrected chi connectivity index (χ2v) is 7.24. The lowest BCUT2D eigenvalue weighted by Gasteiger charge is -2.25. The Bertz CT molecular complexity index is 915. The van der Waals surface area contributed by atoms with Gasteiger partial charge in [-0.05, 0) is 17.7 Å². The summed E-state index contributed by atoms with van der Waals surface area (Å²) in [6.45, 7) is 2.37. The third-order valence-corrected chi connectivity index (χ3v) is 5.48. The van der Waals surface area contributed by atoms with Gasteiger partial charge < -0.3 is 19.9 Å². The van der Waals surface area contributed by atoms with Gasteiger partial charge in [-0.25, -0.2) is 4.98 Å². The third kappa shape index (κ3) is 4.37. The molecule has 1 aromatic carbocycles. The fourth-order valence-electron chi connectivity index (χ4n) is 2.73. The monoisotopic (exact) mass is 396 g/mol. The maximum absolute atomic E-state index is 9.79. The molecule has 1 aromatic heterocycles. The number of nitrogens with zero attached hydrogens (tertiary/aromatic N) is 3. The molecule has 0 amide bonds. The van der Waals surface area contributed by atoms with Gasteiger partial charge in [0.15, 0.2) is 0 Å². The van der Waals surface area contributed by atoms with Crippen LogP contribution in [0.3, 0.4) is 0 Å². The van der Waals surface area contributed by atoms with Crippen LogP contribution >= 0.6 is 11.8 Å². The lowest BCUT2D eigenvalue weighted by molar-refractivity contribution is -0.0196. The Labute approximate surface area is 168 Å². The predicted octanol–water partition coefficient (Wildman–Crippen LogP) is 2.84. The number of benzene rings is 1. The predicted molar refractivity (Wildman–Crippen MR) is 106 cm³/mol. The molecule has 1 aliphatic heterocycles. The van der Waals surface area contributed by atoms with Gasteiger partial charge in [-0.1, -0.05) is 12.1 Å². The molecule has 1 fully saturated rings. The van der Waals surface area contributed by atoms with E-state index in [1.54, 1.807) is 19.2 Å². The largest absolute Gasteiger partial charge is 0.491 e. The molecule has 0 aliphatic carbocycles. The van der Waals surface area contributed by atoms with Crippen LogP contribution < -0.4 is 10.5 Å². The molecule has 144 valence electrons. The Balaban J connectivity index is 1.94. The van der Waals surface area contributed by atoms with Crippen LogP contribution in [-0.2, 0) is 9.47 Å². The minimum Gasteiger partial charge on any atom is -0.491 e. The summed E-state index contributed by atoms with van der Waals surface area (Å²) in [6.07, 6.45) is 0. The number of hydrogen-bond donors (Lipinski definition) is 1. The summed E-state index contributed by atoms with van der Waals surface area (Å²) in [4.78, 5) is 4.32. The normalized spacial score (nSPS) is 13.4. The minimum atomic E-state index is 0.129. The van der Waals surface area contributed by atoms with Gasteiger partial charge in [0.05, 0.1) is 25.4 Å². The Hall–Kier alpha value is -2.78. The number of methoxy groups -OCH3 is 1. The van der Waals surface area contributed by atoms with Crippen LogP contribution in [0.1, 0.15) is 11.1 Å². The van der Waals surface area contributed by atoms with Crippen LogP contribution in [0.2, 0.25) is 0 Å². The van der Waals surface area contributed by atoms with Crippen LogP contribution in [-0.4, -0.2) is 44.3 Å². The number of thioether (sulfide) groups is 1. The second-order valence-electron chi connectivity index (χ2n) is 6.23. The smallest absolute Gasteiger partial charge is 0.143 e. The lowest BCUT2D eigenvalue weighted by atomic mass is 9.97. The van der Waals surface area contributed by atoms with Crippen LogP contribution in [0.4, 0.5) is 5.82 Å². The van der Waals surface area contributed by atoms with Gasteiger partial charge in [0.2, 0.25) is 0 Å². The maximum Gasteiger partial charge on any atom is 0.143 e. The number of hydrogen-bond acceptors (Lipinski definition) is 8. The lowest BCUT2D eigenvalue weighted by Crippen LogP contribution is -2.29. The van der Waals surface area contributed by atoms with E-state index >= 15 is 0 Å². The highest BCUT2D eigenvalue weighted by Gasteiger charge is 2.23. The van der Waals surface area contributed by atoms with Crippen LogP contribution in [0.15, 0.2) is 29.3 Å². The topological polar surface area (TPSA) is 114 Å². The van der Waals surface area contributed by atoms with Gasteiger partial charge in [-0.15, -0.1) is 11.8 Å². The number of rotatable bonds is 8. The number of ether oxygens (including phenoxy) is 3. The SMILES string of the molecule is COCCOc1ccc(-c2c(C#N)c(N)nc(SCC3COC3)c2C#N)cc1. The first-order chi connectivity index (χ1) is 13.7. The quantitative estimate of drug-likeness (QED) is 0.535. The van der Waals surface area contributed by atoms with E-state index in [2.05, 4.69) is 17.1 Å². The molecule has 0 unspecified atom stereocenters. The van der Waals surface area contributed by atoms with E-state index in [4.69, 9.17) is 19.9 Å². The van der Waals surface area contributed by atoms with Gasteiger partial charge in [0.1, 0.15) is 40.9 Å². The molecule has 0 radical (unpaired) electrons. The molecule has 2 N–H and O–H groups in total. The van der Waals surface area contributed by atoms with Crippen molar-refractivity contribution in [2.24, 2.45) is 5.92 Å². The molecule has 28 heavy (non-hydrogen) atoms. The van der Waals surface area contributed by atoms with Crippen molar-refractivity contribution >= 4 is 17.6 Å². The zero-order chi connectivity index (χ0) is 19.9. The average Bonchev–Trinajstić information content (AvgIpc) is 2.67. The number of nitrogens with two attached hydrogens (primary N) is 1. The summed E-state index contributed by atoms with van der Waals surface area (Å²) in [5, 5.41) is 19.9. The third-order valence-electron chi connectivity index (χ3n) is 4.28. The Morgan fingerprint density at radius 1 is 1.18 bits per heavy atom. The summed E-state index contributed by atoms with van der Waals surface area (Å²) in [6, 6.07) is 11.5. The number of nitriles is 2. The van der Waals surface area contributed by atoms with Crippen molar-refractivity contribution in [2.75, 3.05) is 45.0 Å². The van der Waals surface area contributed by atoms with Gasteiger partial charge in [0, 0.05) is 24.3 Å². The van der Waals surface area contributed by atoms with E-state index in [1.165, 1.54) is 11.8 Å². The van der Waals surface area contributed by atoms with E-state index in [0.717, 1.165) is 24.5 Å². The molecular weight excluding hydrogens is 376 g/mol. The molecular formula is C20H20N4O3S. The average molecular weight is 396 g/mol. The Kier molecular flexibility index (Phi) is 6.72. The summed E-state index contributed by atoms with van der Waals surface area (Å²) in [7, 11) is 1.61. The van der Waals surface area contributed by atoms with Crippen molar-refractivity contribution in [3.8, 4) is 29.0 Å². The van der Waals surface area contributed by atoms with E-state index in [0.29, 0.717) is 41.0 Å². The summed E-state index contributed by atoms with van der Waals surface area (Å²) >= 11 is 1.47. The first-order valence-corrected chi connectivity index (χ1v) is 9.72. The molecule has 7 nitrogen and oxygen atoms in total. The highest BCUT2D eigenvalue weighted by atomic mass is 32.2. The zero-order valence-electron chi connectivity index (χ0n) is 15.5. The van der Waals surface area contributed by atoms with Crippen LogP contribution in [0, 0.1) is 28.6 Å². The number of aromatic nitrogens is 1. The zero-order valence-corrected chi connectivity index (χ0v) is 16.3. The van der Waals surface area contributed by atoms with E-state index in [9.17, 15) is 10.5 Å². The van der Waals surface area contributed by atoms with Gasteiger partial charge >= 0.3 is 0 Å². The second kappa shape index (κ2) is 9.43. The van der Waals surface area contributed by atoms with Crippen molar-refractivity contribution in [2.45, 2.75) is 5.03 Å².